The summed E-state index contributed by atoms with van der Waals surface area (Å²) in [4.78, 5) is 16.7. The van der Waals surface area contributed by atoms with Gasteiger partial charge in [-0.2, -0.15) is 11.3 Å². The first-order valence-corrected chi connectivity index (χ1v) is 12.1. The van der Waals surface area contributed by atoms with Gasteiger partial charge < -0.3 is 9.47 Å². The van der Waals surface area contributed by atoms with E-state index in [9.17, 15) is 13.2 Å². The van der Waals surface area contributed by atoms with Gasteiger partial charge in [0.2, 0.25) is 12.7 Å². The van der Waals surface area contributed by atoms with Gasteiger partial charge in [0.15, 0.2) is 16.5 Å². The molecule has 0 radical (unpaired) electrons. The zero-order chi connectivity index (χ0) is 22.9. The number of amides is 1. The quantitative estimate of drug-likeness (QED) is 0.570. The van der Waals surface area contributed by atoms with Crippen molar-refractivity contribution in [1.82, 2.24) is 9.88 Å². The van der Waals surface area contributed by atoms with Gasteiger partial charge in [-0.1, -0.05) is 16.8 Å². The van der Waals surface area contributed by atoms with E-state index in [4.69, 9.17) is 25.6 Å². The number of aromatic nitrogens is 1. The fourth-order valence-corrected chi connectivity index (χ4v) is 5.26. The van der Waals surface area contributed by atoms with Crippen LogP contribution in [0.25, 0.3) is 4.85 Å². The summed E-state index contributed by atoms with van der Waals surface area (Å²) in [7, 11) is -3.94. The third-order valence-electron chi connectivity index (χ3n) is 4.74. The molecule has 1 N–H and O–H groups in total. The summed E-state index contributed by atoms with van der Waals surface area (Å²) in [5, 5.41) is 7.09. The second-order valence-corrected chi connectivity index (χ2v) is 9.71. The summed E-state index contributed by atoms with van der Waals surface area (Å²) in [6.45, 7) is 3.52. The van der Waals surface area contributed by atoms with Crippen LogP contribution < -0.4 is 14.2 Å². The number of nitrogens with zero attached hydrogens (tertiary/aromatic N) is 2. The Labute approximate surface area is 192 Å². The third-order valence-corrected chi connectivity index (χ3v) is 7.38. The molecule has 0 saturated heterocycles. The summed E-state index contributed by atoms with van der Waals surface area (Å²) in [5.74, 6) is 0.499. The van der Waals surface area contributed by atoms with Crippen molar-refractivity contribution in [3.63, 3.8) is 0 Å². The highest BCUT2D eigenvalue weighted by Crippen LogP contribution is 2.39. The predicted molar refractivity (Wildman–Crippen MR) is 118 cm³/mol. The van der Waals surface area contributed by atoms with Crippen molar-refractivity contribution in [2.24, 2.45) is 0 Å². The summed E-state index contributed by atoms with van der Waals surface area (Å²) >= 11 is 7.29. The Morgan fingerprint density at radius 3 is 2.88 bits per heavy atom. The number of fused-ring (bicyclic) bond motifs is 1. The van der Waals surface area contributed by atoms with Crippen LogP contribution >= 0.6 is 22.9 Å². The second-order valence-electron chi connectivity index (χ2n) is 6.87. The number of thiophene rings is 1. The number of sulfonamides is 1. The molecule has 32 heavy (non-hydrogen) atoms. The molecule has 9 nitrogen and oxygen atoms in total. The van der Waals surface area contributed by atoms with Crippen molar-refractivity contribution in [1.29, 1.82) is 0 Å². The molecule has 0 aliphatic carbocycles. The summed E-state index contributed by atoms with van der Waals surface area (Å²) in [5.41, 5.74) is 2.45. The van der Waals surface area contributed by atoms with E-state index in [1.54, 1.807) is 25.3 Å². The van der Waals surface area contributed by atoms with Gasteiger partial charge in [-0.05, 0) is 48.1 Å². The third kappa shape index (κ3) is 4.43. The monoisotopic (exact) mass is 494 g/mol. The molecule has 2 aromatic heterocycles. The largest absolute Gasteiger partial charge is 0.546 e. The van der Waals surface area contributed by atoms with Gasteiger partial charge in [0.05, 0.1) is 11.3 Å². The molecule has 0 fully saturated rings. The van der Waals surface area contributed by atoms with E-state index in [0.717, 1.165) is 0 Å². The Kier molecular flexibility index (Phi) is 6.10. The van der Waals surface area contributed by atoms with Crippen LogP contribution in [-0.4, -0.2) is 26.3 Å². The Morgan fingerprint density at radius 2 is 2.19 bits per heavy atom. The van der Waals surface area contributed by atoms with Crippen molar-refractivity contribution in [3.05, 3.63) is 55.1 Å². The molecule has 0 atom stereocenters. The van der Waals surface area contributed by atoms with Gasteiger partial charge in [0.1, 0.15) is 12.1 Å². The average molecular weight is 495 g/mol. The second kappa shape index (κ2) is 8.82. The highest BCUT2D eigenvalue weighted by atomic mass is 35.5. The van der Waals surface area contributed by atoms with Crippen LogP contribution in [-0.2, 0) is 27.7 Å². The SMILES string of the molecule is Cc1noc([N+]#CCc2cc3c(c(C)c2CC(=O)NS(=O)(=O)c2ccsc2)OCO3)c1Cl. The molecule has 3 aromatic rings. The first-order chi connectivity index (χ1) is 15.3. The maximum Gasteiger partial charge on any atom is 0.546 e. The number of halogens is 1. The fourth-order valence-electron chi connectivity index (χ4n) is 3.14. The Balaban J connectivity index is 1.61. The van der Waals surface area contributed by atoms with Crippen molar-refractivity contribution in [2.45, 2.75) is 31.6 Å². The lowest BCUT2D eigenvalue weighted by molar-refractivity contribution is -0.118. The van der Waals surface area contributed by atoms with Crippen LogP contribution in [0, 0.1) is 19.9 Å². The molecule has 166 valence electrons. The molecule has 0 saturated carbocycles. The van der Waals surface area contributed by atoms with Crippen molar-refractivity contribution < 1.29 is 27.2 Å². The molecule has 1 aliphatic heterocycles. The number of benzene rings is 1. The summed E-state index contributed by atoms with van der Waals surface area (Å²) < 4.78 is 42.9. The number of ether oxygens (including phenoxy) is 2. The number of nitrogens with one attached hydrogen (secondary N) is 1. The number of carbonyl (C=O) groups is 1. The van der Waals surface area contributed by atoms with Gasteiger partial charge in [0, 0.05) is 10.2 Å². The van der Waals surface area contributed by atoms with Gasteiger partial charge in [-0.15, -0.1) is 0 Å². The molecule has 12 heteroatoms. The van der Waals surface area contributed by atoms with Gasteiger partial charge in [0.25, 0.3) is 16.1 Å². The number of hydrogen-bond donors (Lipinski definition) is 1. The molecular weight excluding hydrogens is 478 g/mol. The van der Waals surface area contributed by atoms with Gasteiger partial charge in [-0.3, -0.25) is 9.32 Å². The van der Waals surface area contributed by atoms with E-state index in [2.05, 4.69) is 20.8 Å². The minimum atomic E-state index is -3.94. The number of carbonyl (C=O) groups excluding carboxylic acids is 1. The summed E-state index contributed by atoms with van der Waals surface area (Å²) in [6.07, 6.45) is -0.00151. The normalized spacial score (nSPS) is 12.3. The average Bonchev–Trinajstić information content (AvgIpc) is 3.49. The van der Waals surface area contributed by atoms with Crippen LogP contribution in [0.1, 0.15) is 22.4 Å². The van der Waals surface area contributed by atoms with Crippen molar-refractivity contribution >= 4 is 44.8 Å². The van der Waals surface area contributed by atoms with Crippen molar-refractivity contribution in [2.75, 3.05) is 6.79 Å². The fraction of sp³-hybridized carbons (Fsp3) is 0.250. The highest BCUT2D eigenvalue weighted by Gasteiger charge is 2.26. The lowest BCUT2D eigenvalue weighted by atomic mass is 9.95. The minimum absolute atomic E-state index is 0.0400. The van der Waals surface area contributed by atoms with Crippen molar-refractivity contribution in [3.8, 4) is 17.6 Å². The number of hydrogen-bond acceptors (Lipinski definition) is 8. The van der Waals surface area contributed by atoms with Gasteiger partial charge >= 0.3 is 5.88 Å². The zero-order valence-electron chi connectivity index (χ0n) is 17.0. The van der Waals surface area contributed by atoms with E-state index < -0.39 is 15.9 Å². The van der Waals surface area contributed by atoms with Gasteiger partial charge in [-0.25, -0.2) is 13.1 Å². The Bertz CT molecular complexity index is 1350. The lowest BCUT2D eigenvalue weighted by Crippen LogP contribution is -2.32. The summed E-state index contributed by atoms with van der Waals surface area (Å²) in [6, 6.07) is 5.99. The predicted octanol–water partition coefficient (Wildman–Crippen LogP) is 3.99. The zero-order valence-corrected chi connectivity index (χ0v) is 19.4. The van der Waals surface area contributed by atoms with E-state index in [0.29, 0.717) is 33.9 Å². The first kappa shape index (κ1) is 22.1. The van der Waals surface area contributed by atoms with Crippen LogP contribution in [0.15, 0.2) is 32.3 Å². The number of rotatable bonds is 5. The topological polar surface area (TPSA) is 112 Å². The van der Waals surface area contributed by atoms with E-state index >= 15 is 0 Å². The van der Waals surface area contributed by atoms with Crippen LogP contribution in [0.4, 0.5) is 5.88 Å². The molecular formula is C20H17ClN3O6S2+. The van der Waals surface area contributed by atoms with E-state index in [1.807, 2.05) is 0 Å². The van der Waals surface area contributed by atoms with Crippen LogP contribution in [0.5, 0.6) is 11.5 Å². The Hall–Kier alpha value is -3.07. The maximum absolute atomic E-state index is 12.6. The standard InChI is InChI=1S/C20H16ClN3O6S2/c1-11-15(8-17(25)24-32(26,27)14-4-6-31-9-14)13(7-16-19(11)29-10-28-16)3-5-22-20-18(21)12(2)23-30-20/h4,6-7,9H,3,8,10H2,1-2H3/p+1. The number of aryl methyl sites for hydroxylation is 1. The molecule has 0 spiro atoms. The molecule has 0 unspecified atom stereocenters. The molecule has 1 aliphatic rings. The van der Waals surface area contributed by atoms with Crippen LogP contribution in [0.2, 0.25) is 5.02 Å². The lowest BCUT2D eigenvalue weighted by Gasteiger charge is -2.13. The smallest absolute Gasteiger partial charge is 0.454 e. The molecule has 1 aromatic carbocycles. The van der Waals surface area contributed by atoms with E-state index in [1.165, 1.54) is 22.8 Å². The first-order valence-electron chi connectivity index (χ1n) is 9.30. The molecule has 0 bridgehead atoms. The maximum atomic E-state index is 12.6. The minimum Gasteiger partial charge on any atom is -0.454 e. The van der Waals surface area contributed by atoms with E-state index in [-0.39, 0.29) is 35.4 Å². The molecule has 3 heterocycles. The van der Waals surface area contributed by atoms with Crippen LogP contribution in [0.3, 0.4) is 0 Å². The highest BCUT2D eigenvalue weighted by molar-refractivity contribution is 7.90. The molecule has 4 rings (SSSR count). The molecule has 1 amide bonds. The Morgan fingerprint density at radius 1 is 1.38 bits per heavy atom.